The second kappa shape index (κ2) is 11.1. The lowest BCUT2D eigenvalue weighted by Crippen LogP contribution is -2.25. The predicted molar refractivity (Wildman–Crippen MR) is 113 cm³/mol. The van der Waals surface area contributed by atoms with Gasteiger partial charge in [-0.1, -0.05) is 19.4 Å². The van der Waals surface area contributed by atoms with Crippen molar-refractivity contribution < 1.29 is 24.0 Å². The number of nitrogens with one attached hydrogen (secondary N) is 1. The Morgan fingerprint density at radius 3 is 2.48 bits per heavy atom. The average Bonchev–Trinajstić information content (AvgIpc) is 2.78. The van der Waals surface area contributed by atoms with Crippen LogP contribution in [0.2, 0.25) is 0 Å². The Balaban J connectivity index is 2.18. The SMILES string of the molecule is CCCCNC(=O)/C(C#N)=C/c1ccc(OC(=O)c2ccc([N+](=O)[O-])cc2)c(OC)c1. The molecule has 0 aliphatic heterocycles. The van der Waals surface area contributed by atoms with Crippen LogP contribution in [0, 0.1) is 21.4 Å². The first-order valence-electron chi connectivity index (χ1n) is 9.44. The van der Waals surface area contributed by atoms with E-state index in [2.05, 4.69) is 5.32 Å². The molecule has 0 aliphatic carbocycles. The molecule has 1 N–H and O–H groups in total. The van der Waals surface area contributed by atoms with E-state index in [1.54, 1.807) is 6.07 Å². The van der Waals surface area contributed by atoms with Crippen molar-refractivity contribution in [3.63, 3.8) is 0 Å². The quantitative estimate of drug-likeness (QED) is 0.124. The Bertz CT molecular complexity index is 1040. The van der Waals surface area contributed by atoms with Gasteiger partial charge in [-0.3, -0.25) is 14.9 Å². The van der Waals surface area contributed by atoms with Gasteiger partial charge in [-0.15, -0.1) is 0 Å². The predicted octanol–water partition coefficient (Wildman–Crippen LogP) is 3.65. The van der Waals surface area contributed by atoms with Gasteiger partial charge in [0.25, 0.3) is 11.6 Å². The van der Waals surface area contributed by atoms with Gasteiger partial charge in [-0.25, -0.2) is 4.79 Å². The molecule has 0 fully saturated rings. The van der Waals surface area contributed by atoms with Gasteiger partial charge in [-0.2, -0.15) is 5.26 Å². The molecule has 9 nitrogen and oxygen atoms in total. The number of carbonyl (C=O) groups is 2. The van der Waals surface area contributed by atoms with Crippen molar-refractivity contribution in [3.8, 4) is 17.6 Å². The van der Waals surface area contributed by atoms with E-state index in [0.29, 0.717) is 12.1 Å². The average molecular weight is 423 g/mol. The van der Waals surface area contributed by atoms with E-state index < -0.39 is 16.8 Å². The Morgan fingerprint density at radius 1 is 1.19 bits per heavy atom. The van der Waals surface area contributed by atoms with Crippen molar-refractivity contribution in [2.75, 3.05) is 13.7 Å². The van der Waals surface area contributed by atoms with Crippen LogP contribution < -0.4 is 14.8 Å². The maximum atomic E-state index is 12.3. The number of non-ortho nitro benzene ring substituents is 1. The van der Waals surface area contributed by atoms with Gasteiger partial charge < -0.3 is 14.8 Å². The Morgan fingerprint density at radius 2 is 1.90 bits per heavy atom. The largest absolute Gasteiger partial charge is 0.493 e. The normalized spacial score (nSPS) is 10.7. The summed E-state index contributed by atoms with van der Waals surface area (Å²) in [5.41, 5.74) is 0.437. The molecule has 2 rings (SSSR count). The standard InChI is InChI=1S/C22H21N3O6/c1-3-4-11-24-21(26)17(14-23)12-15-5-10-19(20(13-15)30-2)31-22(27)16-6-8-18(9-7-16)25(28)29/h5-10,12-13H,3-4,11H2,1-2H3,(H,24,26)/b17-12+. The van der Waals surface area contributed by atoms with Crippen LogP contribution in [0.25, 0.3) is 6.08 Å². The third-order valence-corrected chi connectivity index (χ3v) is 4.20. The lowest BCUT2D eigenvalue weighted by atomic mass is 10.1. The smallest absolute Gasteiger partial charge is 0.343 e. The molecule has 0 spiro atoms. The fourth-order valence-electron chi connectivity index (χ4n) is 2.53. The minimum atomic E-state index is -0.718. The molecule has 0 radical (unpaired) electrons. The Hall–Kier alpha value is -4.19. The summed E-state index contributed by atoms with van der Waals surface area (Å²) in [4.78, 5) is 34.6. The van der Waals surface area contributed by atoms with Crippen molar-refractivity contribution in [2.24, 2.45) is 0 Å². The first-order valence-corrected chi connectivity index (χ1v) is 9.44. The number of benzene rings is 2. The number of nitriles is 1. The van der Waals surface area contributed by atoms with Crippen molar-refractivity contribution in [2.45, 2.75) is 19.8 Å². The summed E-state index contributed by atoms with van der Waals surface area (Å²) in [6.07, 6.45) is 3.14. The van der Waals surface area contributed by atoms with Crippen molar-refractivity contribution in [3.05, 3.63) is 69.3 Å². The lowest BCUT2D eigenvalue weighted by Gasteiger charge is -2.10. The first kappa shape index (κ1) is 23.1. The first-order chi connectivity index (χ1) is 14.9. The highest BCUT2D eigenvalue weighted by atomic mass is 16.6. The van der Waals surface area contributed by atoms with Crippen LogP contribution in [0.3, 0.4) is 0 Å². The number of rotatable bonds is 9. The van der Waals surface area contributed by atoms with E-state index in [-0.39, 0.29) is 28.3 Å². The zero-order valence-electron chi connectivity index (χ0n) is 17.1. The molecule has 0 atom stereocenters. The maximum absolute atomic E-state index is 12.3. The van der Waals surface area contributed by atoms with Gasteiger partial charge in [0.2, 0.25) is 0 Å². The molecule has 2 aromatic rings. The number of amides is 1. The molecule has 0 heterocycles. The van der Waals surface area contributed by atoms with E-state index in [1.807, 2.05) is 13.0 Å². The molecule has 0 bridgehead atoms. The Kier molecular flexibility index (Phi) is 8.28. The molecular weight excluding hydrogens is 402 g/mol. The summed E-state index contributed by atoms with van der Waals surface area (Å²) >= 11 is 0. The number of unbranched alkanes of at least 4 members (excludes halogenated alkanes) is 1. The molecule has 0 unspecified atom stereocenters. The maximum Gasteiger partial charge on any atom is 0.343 e. The van der Waals surface area contributed by atoms with Gasteiger partial charge >= 0.3 is 5.97 Å². The molecule has 31 heavy (non-hydrogen) atoms. The van der Waals surface area contributed by atoms with Gasteiger partial charge in [-0.05, 0) is 42.3 Å². The third-order valence-electron chi connectivity index (χ3n) is 4.20. The third kappa shape index (κ3) is 6.40. The molecule has 0 aliphatic rings. The lowest BCUT2D eigenvalue weighted by molar-refractivity contribution is -0.384. The number of hydrogen-bond acceptors (Lipinski definition) is 7. The number of ether oxygens (including phenoxy) is 2. The molecule has 0 saturated carbocycles. The van der Waals surface area contributed by atoms with E-state index in [0.717, 1.165) is 12.8 Å². The summed E-state index contributed by atoms with van der Waals surface area (Å²) in [7, 11) is 1.38. The van der Waals surface area contributed by atoms with Gasteiger partial charge in [0.1, 0.15) is 11.6 Å². The summed E-state index contributed by atoms with van der Waals surface area (Å²) in [6, 6.07) is 11.4. The van der Waals surface area contributed by atoms with Crippen LogP contribution in [0.1, 0.15) is 35.7 Å². The minimum absolute atomic E-state index is 0.0613. The zero-order chi connectivity index (χ0) is 22.8. The molecule has 0 saturated heterocycles. The van der Waals surface area contributed by atoms with Crippen molar-refractivity contribution in [1.82, 2.24) is 5.32 Å². The highest BCUT2D eigenvalue weighted by Crippen LogP contribution is 2.30. The number of hydrogen-bond donors (Lipinski definition) is 1. The van der Waals surface area contributed by atoms with E-state index in [4.69, 9.17) is 9.47 Å². The van der Waals surface area contributed by atoms with Gasteiger partial charge in [0, 0.05) is 18.7 Å². The molecule has 1 amide bonds. The number of carbonyl (C=O) groups excluding carboxylic acids is 2. The minimum Gasteiger partial charge on any atom is -0.493 e. The van der Waals surface area contributed by atoms with Crippen LogP contribution in [0.5, 0.6) is 11.5 Å². The van der Waals surface area contributed by atoms with Crippen LogP contribution in [-0.2, 0) is 4.79 Å². The van der Waals surface area contributed by atoms with E-state index >= 15 is 0 Å². The molecule has 0 aromatic heterocycles. The zero-order valence-corrected chi connectivity index (χ0v) is 17.1. The van der Waals surface area contributed by atoms with Crippen molar-refractivity contribution in [1.29, 1.82) is 5.26 Å². The van der Waals surface area contributed by atoms with Gasteiger partial charge in [0.05, 0.1) is 17.6 Å². The van der Waals surface area contributed by atoms with Crippen LogP contribution in [0.4, 0.5) is 5.69 Å². The Labute approximate surface area is 179 Å². The number of methoxy groups -OCH3 is 1. The molecule has 9 heteroatoms. The number of nitro groups is 1. The monoisotopic (exact) mass is 423 g/mol. The fraction of sp³-hybridized carbons (Fsp3) is 0.227. The summed E-state index contributed by atoms with van der Waals surface area (Å²) in [6.45, 7) is 2.48. The molecule has 2 aromatic carbocycles. The van der Waals surface area contributed by atoms with Gasteiger partial charge in [0.15, 0.2) is 11.5 Å². The second-order valence-corrected chi connectivity index (χ2v) is 6.38. The van der Waals surface area contributed by atoms with Crippen LogP contribution in [-0.4, -0.2) is 30.5 Å². The molecule has 160 valence electrons. The summed E-state index contributed by atoms with van der Waals surface area (Å²) in [5, 5.41) is 22.7. The highest BCUT2D eigenvalue weighted by Gasteiger charge is 2.15. The van der Waals surface area contributed by atoms with E-state index in [1.165, 1.54) is 49.6 Å². The number of esters is 1. The summed E-state index contributed by atoms with van der Waals surface area (Å²) < 4.78 is 10.6. The fourth-order valence-corrected chi connectivity index (χ4v) is 2.53. The highest BCUT2D eigenvalue weighted by molar-refractivity contribution is 6.01. The number of nitrogens with zero attached hydrogens (tertiary/aromatic N) is 2. The van der Waals surface area contributed by atoms with Crippen LogP contribution in [0.15, 0.2) is 48.0 Å². The van der Waals surface area contributed by atoms with E-state index in [9.17, 15) is 25.0 Å². The second-order valence-electron chi connectivity index (χ2n) is 6.38. The number of nitro benzene ring substituents is 1. The summed E-state index contributed by atoms with van der Waals surface area (Å²) in [5.74, 6) is -0.852. The van der Waals surface area contributed by atoms with Crippen molar-refractivity contribution >= 4 is 23.6 Å². The topological polar surface area (TPSA) is 132 Å². The molecular formula is C22H21N3O6. The van der Waals surface area contributed by atoms with Crippen LogP contribution >= 0.6 is 0 Å².